The van der Waals surface area contributed by atoms with Gasteiger partial charge in [0, 0.05) is 25.5 Å². The maximum atomic E-state index is 6.07. The lowest BCUT2D eigenvalue weighted by atomic mass is 10.2. The molecule has 0 unspecified atom stereocenters. The van der Waals surface area contributed by atoms with Crippen LogP contribution in [0.5, 0.6) is 0 Å². The molecule has 0 bridgehead atoms. The molecule has 0 atom stereocenters. The first-order valence-corrected chi connectivity index (χ1v) is 7.03. The second-order valence-electron chi connectivity index (χ2n) is 4.87. The number of guanidine groups is 1. The first kappa shape index (κ1) is 13.6. The molecule has 1 saturated heterocycles. The van der Waals surface area contributed by atoms with Crippen LogP contribution in [0.2, 0.25) is 0 Å². The highest BCUT2D eigenvalue weighted by Gasteiger charge is 2.12. The number of hydrogen-bond acceptors (Lipinski definition) is 3. The molecule has 21 heavy (non-hydrogen) atoms. The minimum atomic E-state index is 0.553. The summed E-state index contributed by atoms with van der Waals surface area (Å²) in [5.74, 6) is 0.582. The Morgan fingerprint density at radius 3 is 2.86 bits per heavy atom. The Labute approximate surface area is 123 Å². The van der Waals surface area contributed by atoms with Crippen molar-refractivity contribution in [3.63, 3.8) is 0 Å². The van der Waals surface area contributed by atoms with Gasteiger partial charge in [0.05, 0.1) is 31.8 Å². The maximum absolute atomic E-state index is 6.07. The van der Waals surface area contributed by atoms with E-state index in [0.29, 0.717) is 25.7 Å². The summed E-state index contributed by atoms with van der Waals surface area (Å²) >= 11 is 0. The van der Waals surface area contributed by atoms with E-state index in [2.05, 4.69) is 27.0 Å². The van der Waals surface area contributed by atoms with Gasteiger partial charge in [-0.15, -0.1) is 0 Å². The van der Waals surface area contributed by atoms with Crippen LogP contribution in [0.25, 0.3) is 5.69 Å². The van der Waals surface area contributed by atoms with Crippen molar-refractivity contribution < 1.29 is 4.74 Å². The first-order chi connectivity index (χ1) is 10.3. The van der Waals surface area contributed by atoms with E-state index in [1.807, 2.05) is 22.9 Å². The minimum Gasteiger partial charge on any atom is -0.378 e. The summed E-state index contributed by atoms with van der Waals surface area (Å²) in [7, 11) is 0. The molecule has 1 aromatic heterocycles. The van der Waals surface area contributed by atoms with Gasteiger partial charge in [-0.3, -0.25) is 0 Å². The molecule has 1 aromatic carbocycles. The van der Waals surface area contributed by atoms with Gasteiger partial charge in [0.2, 0.25) is 0 Å². The number of nitrogens with zero attached hydrogens (tertiary/aromatic N) is 4. The smallest absolute Gasteiger partial charge is 0.191 e. The van der Waals surface area contributed by atoms with Crippen LogP contribution in [0.1, 0.15) is 5.56 Å². The largest absolute Gasteiger partial charge is 0.378 e. The molecular weight excluding hydrogens is 266 g/mol. The molecule has 3 rings (SSSR count). The normalized spacial score (nSPS) is 16.2. The number of benzene rings is 1. The molecule has 6 nitrogen and oxygen atoms in total. The van der Waals surface area contributed by atoms with Gasteiger partial charge in [0.15, 0.2) is 5.96 Å². The van der Waals surface area contributed by atoms with Crippen molar-refractivity contribution in [2.24, 2.45) is 10.7 Å². The molecule has 1 fully saturated rings. The number of aromatic nitrogens is 2. The highest BCUT2D eigenvalue weighted by Crippen LogP contribution is 2.15. The van der Waals surface area contributed by atoms with Gasteiger partial charge < -0.3 is 19.9 Å². The number of ether oxygens (including phenoxy) is 1. The molecule has 1 aliphatic heterocycles. The molecule has 0 radical (unpaired) electrons. The van der Waals surface area contributed by atoms with Crippen molar-refractivity contribution in [1.82, 2.24) is 14.5 Å². The maximum Gasteiger partial charge on any atom is 0.191 e. The van der Waals surface area contributed by atoms with E-state index in [9.17, 15) is 0 Å². The van der Waals surface area contributed by atoms with E-state index < -0.39 is 0 Å². The van der Waals surface area contributed by atoms with Crippen molar-refractivity contribution in [3.05, 3.63) is 48.5 Å². The van der Waals surface area contributed by atoms with E-state index in [1.54, 1.807) is 12.5 Å². The SMILES string of the molecule is NC(=NCc1ccccc1-n1ccnc1)N1CCOCC1. The summed E-state index contributed by atoms with van der Waals surface area (Å²) < 4.78 is 7.30. The molecular formula is C15H19N5O. The third-order valence-corrected chi connectivity index (χ3v) is 3.52. The Kier molecular flexibility index (Phi) is 4.16. The van der Waals surface area contributed by atoms with Crippen LogP contribution in [0.15, 0.2) is 48.0 Å². The van der Waals surface area contributed by atoms with Gasteiger partial charge in [0.25, 0.3) is 0 Å². The topological polar surface area (TPSA) is 68.7 Å². The summed E-state index contributed by atoms with van der Waals surface area (Å²) in [6.45, 7) is 3.58. The van der Waals surface area contributed by atoms with Gasteiger partial charge in [0.1, 0.15) is 0 Å². The van der Waals surface area contributed by atoms with Gasteiger partial charge in [-0.25, -0.2) is 9.98 Å². The average Bonchev–Trinajstić information content (AvgIpc) is 3.08. The van der Waals surface area contributed by atoms with Crippen molar-refractivity contribution in [1.29, 1.82) is 0 Å². The van der Waals surface area contributed by atoms with Gasteiger partial charge in [-0.05, 0) is 11.6 Å². The van der Waals surface area contributed by atoms with Gasteiger partial charge in [-0.1, -0.05) is 18.2 Å². The highest BCUT2D eigenvalue weighted by molar-refractivity contribution is 5.78. The number of aliphatic imine (C=N–C) groups is 1. The number of imidazole rings is 1. The first-order valence-electron chi connectivity index (χ1n) is 7.03. The number of nitrogens with two attached hydrogens (primary N) is 1. The van der Waals surface area contributed by atoms with Crippen molar-refractivity contribution in [3.8, 4) is 5.69 Å². The second-order valence-corrected chi connectivity index (χ2v) is 4.87. The standard InChI is InChI=1S/C15H19N5O/c16-15(19-7-9-21-10-8-19)18-11-13-3-1-2-4-14(13)20-6-5-17-12-20/h1-6,12H,7-11H2,(H2,16,18). The number of rotatable bonds is 3. The molecule has 0 spiro atoms. The Morgan fingerprint density at radius 2 is 2.10 bits per heavy atom. The van der Waals surface area contributed by atoms with E-state index >= 15 is 0 Å². The number of hydrogen-bond donors (Lipinski definition) is 1. The number of para-hydroxylation sites is 1. The monoisotopic (exact) mass is 285 g/mol. The van der Waals surface area contributed by atoms with Gasteiger partial charge in [-0.2, -0.15) is 0 Å². The Bertz CT molecular complexity index is 602. The van der Waals surface area contributed by atoms with Crippen LogP contribution < -0.4 is 5.73 Å². The predicted molar refractivity (Wildman–Crippen MR) is 81.3 cm³/mol. The zero-order valence-electron chi connectivity index (χ0n) is 11.9. The zero-order chi connectivity index (χ0) is 14.5. The van der Waals surface area contributed by atoms with Crippen LogP contribution >= 0.6 is 0 Å². The van der Waals surface area contributed by atoms with E-state index in [1.165, 1.54) is 0 Å². The Balaban J connectivity index is 1.76. The van der Waals surface area contributed by atoms with Crippen LogP contribution in [0.3, 0.4) is 0 Å². The third-order valence-electron chi connectivity index (χ3n) is 3.52. The molecule has 6 heteroatoms. The summed E-state index contributed by atoms with van der Waals surface area (Å²) in [4.78, 5) is 10.7. The zero-order valence-corrected chi connectivity index (χ0v) is 11.9. The van der Waals surface area contributed by atoms with Crippen molar-refractivity contribution in [2.45, 2.75) is 6.54 Å². The summed E-state index contributed by atoms with van der Waals surface area (Å²) in [6, 6.07) is 8.13. The molecule has 0 saturated carbocycles. The number of morpholine rings is 1. The quantitative estimate of drug-likeness (QED) is 0.675. The predicted octanol–water partition coefficient (Wildman–Crippen LogP) is 1.02. The molecule has 2 heterocycles. The molecule has 2 N–H and O–H groups in total. The van der Waals surface area contributed by atoms with E-state index in [-0.39, 0.29) is 0 Å². The van der Waals surface area contributed by atoms with Crippen LogP contribution in [-0.2, 0) is 11.3 Å². The van der Waals surface area contributed by atoms with Crippen LogP contribution in [-0.4, -0.2) is 46.7 Å². The van der Waals surface area contributed by atoms with Gasteiger partial charge >= 0.3 is 0 Å². The summed E-state index contributed by atoms with van der Waals surface area (Å²) in [6.07, 6.45) is 5.48. The molecule has 110 valence electrons. The third kappa shape index (κ3) is 3.22. The lowest BCUT2D eigenvalue weighted by Crippen LogP contribution is -2.44. The Hall–Kier alpha value is -2.34. The van der Waals surface area contributed by atoms with Crippen LogP contribution in [0, 0.1) is 0 Å². The average molecular weight is 285 g/mol. The lowest BCUT2D eigenvalue weighted by Gasteiger charge is -2.27. The molecule has 2 aromatic rings. The van der Waals surface area contributed by atoms with Crippen molar-refractivity contribution in [2.75, 3.05) is 26.3 Å². The fraction of sp³-hybridized carbons (Fsp3) is 0.333. The fourth-order valence-corrected chi connectivity index (χ4v) is 2.36. The minimum absolute atomic E-state index is 0.553. The summed E-state index contributed by atoms with van der Waals surface area (Å²) in [5, 5.41) is 0. The fourth-order valence-electron chi connectivity index (χ4n) is 2.36. The Morgan fingerprint density at radius 1 is 1.29 bits per heavy atom. The molecule has 1 aliphatic rings. The lowest BCUT2D eigenvalue weighted by molar-refractivity contribution is 0.0674. The molecule has 0 amide bonds. The van der Waals surface area contributed by atoms with E-state index in [4.69, 9.17) is 10.5 Å². The summed E-state index contributed by atoms with van der Waals surface area (Å²) in [5.41, 5.74) is 8.26. The molecule has 0 aliphatic carbocycles. The van der Waals surface area contributed by atoms with E-state index in [0.717, 1.165) is 24.3 Å². The van der Waals surface area contributed by atoms with Crippen molar-refractivity contribution >= 4 is 5.96 Å². The second kappa shape index (κ2) is 6.41. The highest BCUT2D eigenvalue weighted by atomic mass is 16.5. The van der Waals surface area contributed by atoms with Crippen LogP contribution in [0.4, 0.5) is 0 Å².